The standard InChI is InChI=1S/C26H18N2O2/c1-17-7-13-22-21(15-17)24(20-5-3-2-4-6-20)25(26(30)28-22)23(29)14-12-18-8-10-19(16-27)11-9-18/h2-15H,1H3,(H,28,30)/b14-12+. The number of nitrogens with one attached hydrogen (secondary N) is 1. The molecule has 0 radical (unpaired) electrons. The Morgan fingerprint density at radius 1 is 1.00 bits per heavy atom. The summed E-state index contributed by atoms with van der Waals surface area (Å²) in [4.78, 5) is 28.9. The minimum absolute atomic E-state index is 0.115. The Balaban J connectivity index is 1.88. The van der Waals surface area contributed by atoms with Crippen molar-refractivity contribution in [2.24, 2.45) is 0 Å². The van der Waals surface area contributed by atoms with E-state index in [9.17, 15) is 9.59 Å². The quantitative estimate of drug-likeness (QED) is 0.381. The molecule has 144 valence electrons. The molecule has 0 spiro atoms. The van der Waals surface area contributed by atoms with Crippen molar-refractivity contribution in [1.29, 1.82) is 5.26 Å². The Bertz CT molecular complexity index is 1370. The van der Waals surface area contributed by atoms with Crippen molar-refractivity contribution in [2.45, 2.75) is 6.92 Å². The Morgan fingerprint density at radius 3 is 2.43 bits per heavy atom. The van der Waals surface area contributed by atoms with Crippen molar-refractivity contribution in [1.82, 2.24) is 4.98 Å². The molecular formula is C26H18N2O2. The van der Waals surface area contributed by atoms with Crippen LogP contribution in [0.2, 0.25) is 0 Å². The third-order valence-corrected chi connectivity index (χ3v) is 4.95. The number of rotatable bonds is 4. The number of benzene rings is 3. The highest BCUT2D eigenvalue weighted by Crippen LogP contribution is 2.30. The van der Waals surface area contributed by atoms with Gasteiger partial charge >= 0.3 is 0 Å². The smallest absolute Gasteiger partial charge is 0.260 e. The molecule has 1 N–H and O–H groups in total. The Morgan fingerprint density at radius 2 is 1.73 bits per heavy atom. The van der Waals surface area contributed by atoms with Crippen LogP contribution in [-0.4, -0.2) is 10.8 Å². The summed E-state index contributed by atoms with van der Waals surface area (Å²) in [6.07, 6.45) is 3.05. The van der Waals surface area contributed by atoms with Gasteiger partial charge in [0.15, 0.2) is 5.78 Å². The molecule has 0 atom stereocenters. The maximum Gasteiger partial charge on any atom is 0.260 e. The fraction of sp³-hybridized carbons (Fsp3) is 0.0385. The maximum absolute atomic E-state index is 13.1. The molecule has 0 bridgehead atoms. The van der Waals surface area contributed by atoms with Crippen LogP contribution in [0.5, 0.6) is 0 Å². The predicted octanol–water partition coefficient (Wildman–Crippen LogP) is 5.27. The van der Waals surface area contributed by atoms with Gasteiger partial charge in [0.1, 0.15) is 0 Å². The zero-order valence-electron chi connectivity index (χ0n) is 16.3. The summed E-state index contributed by atoms with van der Waals surface area (Å²) in [5.74, 6) is -0.372. The van der Waals surface area contributed by atoms with Crippen LogP contribution in [0.4, 0.5) is 0 Å². The fourth-order valence-electron chi connectivity index (χ4n) is 3.47. The van der Waals surface area contributed by atoms with Crippen LogP contribution < -0.4 is 5.56 Å². The lowest BCUT2D eigenvalue weighted by Crippen LogP contribution is -2.18. The second-order valence-corrected chi connectivity index (χ2v) is 7.05. The predicted molar refractivity (Wildman–Crippen MR) is 119 cm³/mol. The molecule has 0 aliphatic heterocycles. The Kier molecular flexibility index (Phi) is 5.11. The van der Waals surface area contributed by atoms with Crippen LogP contribution in [0.1, 0.15) is 27.0 Å². The second-order valence-electron chi connectivity index (χ2n) is 7.05. The first-order valence-corrected chi connectivity index (χ1v) is 9.51. The average molecular weight is 390 g/mol. The second kappa shape index (κ2) is 8.02. The number of hydrogen-bond donors (Lipinski definition) is 1. The molecule has 4 aromatic rings. The van der Waals surface area contributed by atoms with E-state index < -0.39 is 5.56 Å². The van der Waals surface area contributed by atoms with Crippen molar-refractivity contribution >= 4 is 22.8 Å². The normalized spacial score (nSPS) is 10.9. The number of aromatic amines is 1. The topological polar surface area (TPSA) is 73.7 Å². The summed E-state index contributed by atoms with van der Waals surface area (Å²) < 4.78 is 0. The highest BCUT2D eigenvalue weighted by Gasteiger charge is 2.19. The van der Waals surface area contributed by atoms with Gasteiger partial charge < -0.3 is 4.98 Å². The van der Waals surface area contributed by atoms with E-state index in [4.69, 9.17) is 5.26 Å². The fourth-order valence-corrected chi connectivity index (χ4v) is 3.47. The van der Waals surface area contributed by atoms with E-state index >= 15 is 0 Å². The number of hydrogen-bond acceptors (Lipinski definition) is 3. The number of nitriles is 1. The minimum atomic E-state index is -0.417. The SMILES string of the molecule is Cc1ccc2[nH]c(=O)c(C(=O)/C=C/c3ccc(C#N)cc3)c(-c3ccccc3)c2c1. The van der Waals surface area contributed by atoms with Crippen molar-refractivity contribution in [3.8, 4) is 17.2 Å². The molecule has 0 aliphatic rings. The van der Waals surface area contributed by atoms with E-state index in [1.54, 1.807) is 30.3 Å². The first kappa shape index (κ1) is 19.1. The summed E-state index contributed by atoms with van der Waals surface area (Å²) in [5, 5.41) is 9.74. The zero-order valence-corrected chi connectivity index (χ0v) is 16.3. The number of allylic oxidation sites excluding steroid dienone is 1. The van der Waals surface area contributed by atoms with Gasteiger partial charge in [-0.3, -0.25) is 9.59 Å². The highest BCUT2D eigenvalue weighted by atomic mass is 16.1. The lowest BCUT2D eigenvalue weighted by atomic mass is 9.93. The first-order chi connectivity index (χ1) is 14.6. The average Bonchev–Trinajstić information content (AvgIpc) is 2.78. The minimum Gasteiger partial charge on any atom is -0.321 e. The van der Waals surface area contributed by atoms with Gasteiger partial charge in [-0.25, -0.2) is 0 Å². The summed E-state index contributed by atoms with van der Waals surface area (Å²) in [6, 6.07) is 24.2. The molecule has 0 fully saturated rings. The highest BCUT2D eigenvalue weighted by molar-refractivity contribution is 6.15. The molecule has 0 unspecified atom stereocenters. The van der Waals surface area contributed by atoms with Crippen LogP contribution in [-0.2, 0) is 0 Å². The van der Waals surface area contributed by atoms with Crippen molar-refractivity contribution in [3.63, 3.8) is 0 Å². The van der Waals surface area contributed by atoms with E-state index in [0.29, 0.717) is 16.6 Å². The van der Waals surface area contributed by atoms with Gasteiger partial charge in [-0.2, -0.15) is 5.26 Å². The number of aromatic nitrogens is 1. The number of carbonyl (C=O) groups is 1. The molecule has 4 nitrogen and oxygen atoms in total. The van der Waals surface area contributed by atoms with Gasteiger partial charge in [-0.15, -0.1) is 0 Å². The van der Waals surface area contributed by atoms with Crippen LogP contribution in [0.25, 0.3) is 28.1 Å². The van der Waals surface area contributed by atoms with Crippen molar-refractivity contribution in [2.75, 3.05) is 0 Å². The number of carbonyl (C=O) groups excluding carboxylic acids is 1. The number of ketones is 1. The number of H-pyrrole nitrogens is 1. The third kappa shape index (κ3) is 3.69. The molecule has 1 heterocycles. The Hall–Kier alpha value is -4.23. The van der Waals surface area contributed by atoms with Gasteiger partial charge in [0.25, 0.3) is 5.56 Å². The number of fused-ring (bicyclic) bond motifs is 1. The first-order valence-electron chi connectivity index (χ1n) is 9.51. The third-order valence-electron chi connectivity index (χ3n) is 4.95. The van der Waals surface area contributed by atoms with Gasteiger partial charge in [-0.1, -0.05) is 60.2 Å². The molecule has 0 amide bonds. The van der Waals surface area contributed by atoms with Crippen LogP contribution in [0, 0.1) is 18.3 Å². The van der Waals surface area contributed by atoms with E-state index in [-0.39, 0.29) is 11.3 Å². The lowest BCUT2D eigenvalue weighted by Gasteiger charge is -2.12. The van der Waals surface area contributed by atoms with Gasteiger partial charge in [0.05, 0.1) is 17.2 Å². The van der Waals surface area contributed by atoms with Gasteiger partial charge in [-0.05, 0) is 48.4 Å². The van der Waals surface area contributed by atoms with Crippen LogP contribution in [0.3, 0.4) is 0 Å². The molecule has 0 saturated carbocycles. The summed E-state index contributed by atoms with van der Waals surface area (Å²) >= 11 is 0. The van der Waals surface area contributed by atoms with Gasteiger partial charge in [0.2, 0.25) is 0 Å². The Labute approximate surface area is 173 Å². The maximum atomic E-state index is 13.1. The van der Waals surface area contributed by atoms with E-state index in [2.05, 4.69) is 11.1 Å². The zero-order chi connectivity index (χ0) is 21.1. The monoisotopic (exact) mass is 390 g/mol. The molecular weight excluding hydrogens is 372 g/mol. The molecule has 4 heteroatoms. The molecule has 1 aromatic heterocycles. The molecule has 4 rings (SSSR count). The summed E-state index contributed by atoms with van der Waals surface area (Å²) in [5.41, 5.74) is 4.20. The molecule has 3 aromatic carbocycles. The largest absolute Gasteiger partial charge is 0.321 e. The lowest BCUT2D eigenvalue weighted by molar-refractivity contribution is 0.104. The van der Waals surface area contributed by atoms with Gasteiger partial charge in [0, 0.05) is 16.5 Å². The molecule has 0 saturated heterocycles. The number of nitrogens with zero attached hydrogens (tertiary/aromatic N) is 1. The summed E-state index contributed by atoms with van der Waals surface area (Å²) in [6.45, 7) is 1.98. The van der Waals surface area contributed by atoms with E-state index in [1.807, 2.05) is 55.5 Å². The molecule has 0 aliphatic carbocycles. The molecule has 30 heavy (non-hydrogen) atoms. The number of pyridine rings is 1. The summed E-state index contributed by atoms with van der Waals surface area (Å²) in [7, 11) is 0. The van der Waals surface area contributed by atoms with Crippen LogP contribution in [0.15, 0.2) is 83.7 Å². The van der Waals surface area contributed by atoms with Crippen LogP contribution >= 0.6 is 0 Å². The van der Waals surface area contributed by atoms with Crippen molar-refractivity contribution < 1.29 is 4.79 Å². The van der Waals surface area contributed by atoms with E-state index in [1.165, 1.54) is 6.08 Å². The number of aryl methyl sites for hydroxylation is 1. The van der Waals surface area contributed by atoms with Crippen molar-refractivity contribution in [3.05, 3.63) is 111 Å². The van der Waals surface area contributed by atoms with E-state index in [0.717, 1.165) is 22.1 Å².